The van der Waals surface area contributed by atoms with Crippen molar-refractivity contribution < 1.29 is 4.42 Å². The summed E-state index contributed by atoms with van der Waals surface area (Å²) >= 11 is 0. The first-order chi connectivity index (χ1) is 8.38. The Hall–Kier alpha value is -0.800. The average Bonchev–Trinajstić information content (AvgIpc) is 2.71. The van der Waals surface area contributed by atoms with Gasteiger partial charge in [-0.3, -0.25) is 11.3 Å². The van der Waals surface area contributed by atoms with Crippen molar-refractivity contribution >= 4 is 0 Å². The molecule has 0 radical (unpaired) electrons. The summed E-state index contributed by atoms with van der Waals surface area (Å²) in [6, 6.07) is 2.41. The first-order valence-electron chi connectivity index (χ1n) is 6.85. The van der Waals surface area contributed by atoms with Crippen molar-refractivity contribution in [2.24, 2.45) is 11.8 Å². The van der Waals surface area contributed by atoms with Gasteiger partial charge in [-0.05, 0) is 30.4 Å². The van der Waals surface area contributed by atoms with Gasteiger partial charge in [-0.15, -0.1) is 0 Å². The van der Waals surface area contributed by atoms with Crippen molar-refractivity contribution in [3.63, 3.8) is 0 Å². The summed E-state index contributed by atoms with van der Waals surface area (Å²) in [5.41, 5.74) is 4.20. The van der Waals surface area contributed by atoms with Crippen molar-refractivity contribution in [1.29, 1.82) is 0 Å². The molecule has 0 amide bonds. The lowest BCUT2D eigenvalue weighted by atomic mass is 9.90. The first-order valence-corrected chi connectivity index (χ1v) is 6.85. The van der Waals surface area contributed by atoms with E-state index in [1.807, 2.05) is 12.3 Å². The van der Waals surface area contributed by atoms with Gasteiger partial charge in [0.15, 0.2) is 0 Å². The molecule has 1 atom stereocenters. The van der Waals surface area contributed by atoms with Gasteiger partial charge in [0.05, 0.1) is 12.5 Å². The summed E-state index contributed by atoms with van der Waals surface area (Å²) < 4.78 is 5.10. The van der Waals surface area contributed by atoms with Gasteiger partial charge < -0.3 is 4.42 Å². The fraction of sp³-hybridized carbons (Fsp3) is 0.714. The van der Waals surface area contributed by atoms with Crippen LogP contribution in [-0.2, 0) is 6.42 Å². The molecule has 3 nitrogen and oxygen atoms in total. The maximum atomic E-state index is 5.66. The van der Waals surface area contributed by atoms with Crippen LogP contribution in [0.5, 0.6) is 0 Å². The van der Waals surface area contributed by atoms with Crippen LogP contribution in [0.25, 0.3) is 0 Å². The zero-order chi connectivity index (χ0) is 11.9. The third-order valence-corrected chi connectivity index (χ3v) is 3.89. The van der Waals surface area contributed by atoms with Crippen LogP contribution in [0.2, 0.25) is 0 Å². The van der Waals surface area contributed by atoms with E-state index in [0.717, 1.165) is 12.3 Å². The van der Waals surface area contributed by atoms with E-state index in [9.17, 15) is 0 Å². The standard InChI is InChI=1S/C14H24N2O/c15-16-14(10-13-7-8-17-11-13)9-12-5-3-1-2-4-6-12/h7-8,11-12,14,16H,1-6,9-10,15H2. The molecular weight excluding hydrogens is 212 g/mol. The van der Waals surface area contributed by atoms with Gasteiger partial charge in [0.25, 0.3) is 0 Å². The number of nitrogens with one attached hydrogen (secondary N) is 1. The Morgan fingerprint density at radius 1 is 1.29 bits per heavy atom. The number of hydrogen-bond donors (Lipinski definition) is 2. The SMILES string of the molecule is NNC(Cc1ccoc1)CC1CCCCCC1. The molecular formula is C14H24N2O. The molecule has 1 saturated carbocycles. The molecule has 0 aromatic carbocycles. The van der Waals surface area contributed by atoms with Crippen LogP contribution in [0.3, 0.4) is 0 Å². The highest BCUT2D eigenvalue weighted by molar-refractivity contribution is 5.07. The van der Waals surface area contributed by atoms with Crippen LogP contribution in [-0.4, -0.2) is 6.04 Å². The van der Waals surface area contributed by atoms with Gasteiger partial charge in [0.2, 0.25) is 0 Å². The Morgan fingerprint density at radius 3 is 2.65 bits per heavy atom. The van der Waals surface area contributed by atoms with E-state index in [1.54, 1.807) is 6.26 Å². The summed E-state index contributed by atoms with van der Waals surface area (Å²) in [5.74, 6) is 6.52. The third kappa shape index (κ3) is 4.17. The molecule has 0 saturated heterocycles. The molecule has 1 fully saturated rings. The molecule has 1 unspecified atom stereocenters. The molecule has 1 aliphatic carbocycles. The van der Waals surface area contributed by atoms with Crippen LogP contribution in [0, 0.1) is 5.92 Å². The number of hydrazine groups is 1. The third-order valence-electron chi connectivity index (χ3n) is 3.89. The molecule has 2 rings (SSSR count). The monoisotopic (exact) mass is 236 g/mol. The minimum atomic E-state index is 0.385. The molecule has 1 heterocycles. The van der Waals surface area contributed by atoms with E-state index in [0.29, 0.717) is 6.04 Å². The van der Waals surface area contributed by atoms with E-state index >= 15 is 0 Å². The number of rotatable bonds is 5. The van der Waals surface area contributed by atoms with Crippen LogP contribution in [0.15, 0.2) is 23.0 Å². The zero-order valence-corrected chi connectivity index (χ0v) is 10.5. The molecule has 0 spiro atoms. The molecule has 0 bridgehead atoms. The largest absolute Gasteiger partial charge is 0.472 e. The van der Waals surface area contributed by atoms with E-state index in [4.69, 9.17) is 10.3 Å². The predicted octanol–water partition coefficient (Wildman–Crippen LogP) is 3.01. The van der Waals surface area contributed by atoms with E-state index < -0.39 is 0 Å². The normalized spacial score (nSPS) is 20.1. The van der Waals surface area contributed by atoms with Crippen LogP contribution in [0.1, 0.15) is 50.5 Å². The fourth-order valence-corrected chi connectivity index (χ4v) is 2.91. The van der Waals surface area contributed by atoms with Crippen LogP contribution < -0.4 is 11.3 Å². The molecule has 1 aromatic heterocycles. The second kappa shape index (κ2) is 6.82. The summed E-state index contributed by atoms with van der Waals surface area (Å²) in [6.45, 7) is 0. The molecule has 0 aliphatic heterocycles. The minimum Gasteiger partial charge on any atom is -0.472 e. The second-order valence-electron chi connectivity index (χ2n) is 5.29. The molecule has 1 aromatic rings. The number of nitrogens with two attached hydrogens (primary N) is 1. The molecule has 17 heavy (non-hydrogen) atoms. The van der Waals surface area contributed by atoms with Gasteiger partial charge in [0, 0.05) is 6.04 Å². The quantitative estimate of drug-likeness (QED) is 0.469. The van der Waals surface area contributed by atoms with E-state index in [2.05, 4.69) is 5.43 Å². The lowest BCUT2D eigenvalue weighted by Gasteiger charge is -2.21. The summed E-state index contributed by atoms with van der Waals surface area (Å²) in [4.78, 5) is 0. The van der Waals surface area contributed by atoms with Crippen molar-refractivity contribution in [3.8, 4) is 0 Å². The highest BCUT2D eigenvalue weighted by Crippen LogP contribution is 2.27. The first kappa shape index (κ1) is 12.7. The molecule has 1 aliphatic rings. The summed E-state index contributed by atoms with van der Waals surface area (Å²) in [7, 11) is 0. The van der Waals surface area contributed by atoms with Gasteiger partial charge in [-0.25, -0.2) is 0 Å². The Labute approximate surface area is 104 Å². The van der Waals surface area contributed by atoms with E-state index in [-0.39, 0.29) is 0 Å². The van der Waals surface area contributed by atoms with Gasteiger partial charge >= 0.3 is 0 Å². The van der Waals surface area contributed by atoms with Crippen molar-refractivity contribution in [2.45, 2.75) is 57.4 Å². The van der Waals surface area contributed by atoms with Gasteiger partial charge in [-0.1, -0.05) is 38.5 Å². The zero-order valence-electron chi connectivity index (χ0n) is 10.5. The van der Waals surface area contributed by atoms with Crippen molar-refractivity contribution in [2.75, 3.05) is 0 Å². The second-order valence-corrected chi connectivity index (χ2v) is 5.29. The Kier molecular flexibility index (Phi) is 5.08. The lowest BCUT2D eigenvalue weighted by molar-refractivity contribution is 0.351. The maximum Gasteiger partial charge on any atom is 0.0935 e. The van der Waals surface area contributed by atoms with Crippen molar-refractivity contribution in [1.82, 2.24) is 5.43 Å². The van der Waals surface area contributed by atoms with Crippen LogP contribution in [0.4, 0.5) is 0 Å². The fourth-order valence-electron chi connectivity index (χ4n) is 2.91. The predicted molar refractivity (Wildman–Crippen MR) is 69.3 cm³/mol. The smallest absolute Gasteiger partial charge is 0.0935 e. The summed E-state index contributed by atoms with van der Waals surface area (Å²) in [6.07, 6.45) is 14.1. The Morgan fingerprint density at radius 2 is 2.06 bits per heavy atom. The maximum absolute atomic E-state index is 5.66. The van der Waals surface area contributed by atoms with E-state index in [1.165, 1.54) is 50.5 Å². The lowest BCUT2D eigenvalue weighted by Crippen LogP contribution is -2.38. The molecule has 3 heteroatoms. The van der Waals surface area contributed by atoms with Crippen molar-refractivity contribution in [3.05, 3.63) is 24.2 Å². The minimum absolute atomic E-state index is 0.385. The van der Waals surface area contributed by atoms with Gasteiger partial charge in [-0.2, -0.15) is 0 Å². The number of hydrogen-bond acceptors (Lipinski definition) is 3. The highest BCUT2D eigenvalue weighted by atomic mass is 16.3. The topological polar surface area (TPSA) is 51.2 Å². The summed E-state index contributed by atoms with van der Waals surface area (Å²) in [5, 5.41) is 0. The molecule has 3 N–H and O–H groups in total. The average molecular weight is 236 g/mol. The van der Waals surface area contributed by atoms with Crippen LogP contribution >= 0.6 is 0 Å². The van der Waals surface area contributed by atoms with Gasteiger partial charge in [0.1, 0.15) is 0 Å². The Bertz CT molecular complexity index is 289. The highest BCUT2D eigenvalue weighted by Gasteiger charge is 2.17. The Balaban J connectivity index is 1.81. The molecule has 96 valence electrons. The number of furan rings is 1.